The van der Waals surface area contributed by atoms with Gasteiger partial charge in [-0.3, -0.25) is 14.4 Å². The molecule has 0 aliphatic carbocycles. The van der Waals surface area contributed by atoms with E-state index < -0.39 is 6.10 Å². The van der Waals surface area contributed by atoms with Gasteiger partial charge in [-0.15, -0.1) is 0 Å². The Balaban J connectivity index is 4.30. The van der Waals surface area contributed by atoms with Gasteiger partial charge in [-0.05, 0) is 89.9 Å². The third kappa shape index (κ3) is 55.8. The molecule has 0 rings (SSSR count). The summed E-state index contributed by atoms with van der Waals surface area (Å²) in [5, 5.41) is 0. The van der Waals surface area contributed by atoms with Gasteiger partial charge in [0.15, 0.2) is 6.10 Å². The minimum Gasteiger partial charge on any atom is -0.462 e. The molecule has 0 amide bonds. The molecule has 70 heavy (non-hydrogen) atoms. The first-order valence-electron chi connectivity index (χ1n) is 29.9. The van der Waals surface area contributed by atoms with E-state index >= 15 is 0 Å². The fraction of sp³-hybridized carbons (Fsp3) is 0.766. The fourth-order valence-corrected chi connectivity index (χ4v) is 8.47. The molecule has 0 saturated heterocycles. The van der Waals surface area contributed by atoms with Gasteiger partial charge in [0, 0.05) is 19.3 Å². The quantitative estimate of drug-likeness (QED) is 0.0261. The van der Waals surface area contributed by atoms with Crippen molar-refractivity contribution in [1.82, 2.24) is 0 Å². The molecule has 0 N–H and O–H groups in total. The van der Waals surface area contributed by atoms with Crippen LogP contribution in [-0.4, -0.2) is 37.2 Å². The van der Waals surface area contributed by atoms with E-state index in [0.29, 0.717) is 19.3 Å². The van der Waals surface area contributed by atoms with E-state index in [1.165, 1.54) is 148 Å². The Hall–Kier alpha value is -3.15. The largest absolute Gasteiger partial charge is 0.462 e. The number of hydrogen-bond donors (Lipinski definition) is 0. The lowest BCUT2D eigenvalue weighted by molar-refractivity contribution is -0.167. The first-order valence-corrected chi connectivity index (χ1v) is 29.9. The summed E-state index contributed by atoms with van der Waals surface area (Å²) < 4.78 is 16.9. The fourth-order valence-electron chi connectivity index (χ4n) is 8.47. The molecule has 0 aromatic rings. The SMILES string of the molecule is CC/C=C\C/C=C\C/C=C\C/C=C\C/C=C\CCCCCCCCCCCC(=O)OCC(COC(=O)CCCCCCCCCCCCCCC)OC(=O)CCCCCCC/C=C\CCCCCCC. The first-order chi connectivity index (χ1) is 34.5. The summed E-state index contributed by atoms with van der Waals surface area (Å²) in [5.74, 6) is -0.881. The second-order valence-corrected chi connectivity index (χ2v) is 19.9. The highest BCUT2D eigenvalue weighted by atomic mass is 16.6. The highest BCUT2D eigenvalue weighted by Gasteiger charge is 2.19. The van der Waals surface area contributed by atoms with Crippen LogP contribution in [0.1, 0.15) is 297 Å². The van der Waals surface area contributed by atoms with E-state index in [-0.39, 0.29) is 31.1 Å². The van der Waals surface area contributed by atoms with Crippen molar-refractivity contribution in [3.05, 3.63) is 72.9 Å². The van der Waals surface area contributed by atoms with Crippen LogP contribution in [0.3, 0.4) is 0 Å². The average Bonchev–Trinajstić information content (AvgIpc) is 3.36. The summed E-state index contributed by atoms with van der Waals surface area (Å²) >= 11 is 0. The molecule has 0 heterocycles. The zero-order valence-corrected chi connectivity index (χ0v) is 46.3. The first kappa shape index (κ1) is 66.9. The molecule has 0 spiro atoms. The van der Waals surface area contributed by atoms with Crippen molar-refractivity contribution in [2.75, 3.05) is 13.2 Å². The lowest BCUT2D eigenvalue weighted by atomic mass is 10.0. The molecule has 1 unspecified atom stereocenters. The van der Waals surface area contributed by atoms with Gasteiger partial charge in [0.25, 0.3) is 0 Å². The van der Waals surface area contributed by atoms with Crippen molar-refractivity contribution in [1.29, 1.82) is 0 Å². The van der Waals surface area contributed by atoms with Crippen LogP contribution in [0.15, 0.2) is 72.9 Å². The average molecular weight is 978 g/mol. The molecule has 0 fully saturated rings. The van der Waals surface area contributed by atoms with Crippen LogP contribution in [0.2, 0.25) is 0 Å². The van der Waals surface area contributed by atoms with Gasteiger partial charge in [-0.2, -0.15) is 0 Å². The maximum Gasteiger partial charge on any atom is 0.306 e. The molecule has 0 aliphatic rings. The van der Waals surface area contributed by atoms with E-state index in [1.807, 2.05) is 0 Å². The normalized spacial score (nSPS) is 12.6. The summed E-state index contributed by atoms with van der Waals surface area (Å²) in [6.45, 7) is 6.53. The lowest BCUT2D eigenvalue weighted by Crippen LogP contribution is -2.30. The van der Waals surface area contributed by atoms with Crippen LogP contribution in [0, 0.1) is 0 Å². The Morgan fingerprint density at radius 1 is 0.300 bits per heavy atom. The maximum absolute atomic E-state index is 12.8. The van der Waals surface area contributed by atoms with Crippen LogP contribution in [-0.2, 0) is 28.6 Å². The van der Waals surface area contributed by atoms with Crippen molar-refractivity contribution < 1.29 is 28.6 Å². The molecular weight excluding hydrogens is 865 g/mol. The van der Waals surface area contributed by atoms with E-state index in [2.05, 4.69) is 93.7 Å². The highest BCUT2D eigenvalue weighted by Crippen LogP contribution is 2.16. The molecule has 0 bridgehead atoms. The minimum absolute atomic E-state index is 0.0774. The van der Waals surface area contributed by atoms with Crippen molar-refractivity contribution in [3.63, 3.8) is 0 Å². The molecule has 0 radical (unpaired) electrons. The molecular formula is C64H112O6. The number of ether oxygens (including phenoxy) is 3. The summed E-state index contributed by atoms with van der Waals surface area (Å²) in [6, 6.07) is 0. The number of carbonyl (C=O) groups is 3. The summed E-state index contributed by atoms with van der Waals surface area (Å²) in [7, 11) is 0. The second-order valence-electron chi connectivity index (χ2n) is 19.9. The zero-order chi connectivity index (χ0) is 50.7. The monoisotopic (exact) mass is 977 g/mol. The molecule has 6 nitrogen and oxygen atoms in total. The van der Waals surface area contributed by atoms with Crippen molar-refractivity contribution in [3.8, 4) is 0 Å². The smallest absolute Gasteiger partial charge is 0.306 e. The molecule has 0 aromatic carbocycles. The Kier molecular flexibility index (Phi) is 55.8. The van der Waals surface area contributed by atoms with Crippen molar-refractivity contribution >= 4 is 17.9 Å². The van der Waals surface area contributed by atoms with Crippen LogP contribution >= 0.6 is 0 Å². The van der Waals surface area contributed by atoms with Gasteiger partial charge in [-0.25, -0.2) is 0 Å². The standard InChI is InChI=1S/C64H112O6/c1-4-7-10-13-16-19-22-25-27-28-29-30-31-32-33-34-35-36-37-40-42-45-48-51-54-57-63(66)69-60-61(59-68-62(65)56-53-50-47-44-41-38-24-21-18-15-12-9-6-3)70-64(67)58-55-52-49-46-43-39-26-23-20-17-14-11-8-5-2/h7,10,16,19,23,25-27,29-30,32-33,61H,4-6,8-9,11-15,17-18,20-22,24,28,31,34-60H2,1-3H3/b10-7-,19-16-,26-23-,27-25-,30-29-,33-32-. The van der Waals surface area contributed by atoms with Gasteiger partial charge >= 0.3 is 17.9 Å². The lowest BCUT2D eigenvalue weighted by Gasteiger charge is -2.18. The number of hydrogen-bond acceptors (Lipinski definition) is 6. The molecule has 6 heteroatoms. The van der Waals surface area contributed by atoms with Crippen molar-refractivity contribution in [2.24, 2.45) is 0 Å². The molecule has 1 atom stereocenters. The molecule has 404 valence electrons. The molecule has 0 aromatic heterocycles. The van der Waals surface area contributed by atoms with Gasteiger partial charge in [0.1, 0.15) is 13.2 Å². The number of esters is 3. The van der Waals surface area contributed by atoms with Gasteiger partial charge < -0.3 is 14.2 Å². The zero-order valence-electron chi connectivity index (χ0n) is 46.3. The third-order valence-corrected chi connectivity index (χ3v) is 12.9. The summed E-state index contributed by atoms with van der Waals surface area (Å²) in [6.07, 6.45) is 74.6. The van der Waals surface area contributed by atoms with E-state index in [9.17, 15) is 14.4 Å². The Morgan fingerprint density at radius 3 is 0.886 bits per heavy atom. The van der Waals surface area contributed by atoms with Crippen LogP contribution in [0.25, 0.3) is 0 Å². The topological polar surface area (TPSA) is 78.9 Å². The van der Waals surface area contributed by atoms with Crippen molar-refractivity contribution in [2.45, 2.75) is 303 Å². The second kappa shape index (κ2) is 58.4. The highest BCUT2D eigenvalue weighted by molar-refractivity contribution is 5.71. The Labute approximate surface area is 433 Å². The van der Waals surface area contributed by atoms with Gasteiger partial charge in [0.05, 0.1) is 0 Å². The Morgan fingerprint density at radius 2 is 0.557 bits per heavy atom. The number of unbranched alkanes of at least 4 members (excludes halogenated alkanes) is 31. The van der Waals surface area contributed by atoms with Crippen LogP contribution in [0.4, 0.5) is 0 Å². The molecule has 0 saturated carbocycles. The predicted octanol–water partition coefficient (Wildman–Crippen LogP) is 20.2. The van der Waals surface area contributed by atoms with E-state index in [4.69, 9.17) is 14.2 Å². The van der Waals surface area contributed by atoms with Gasteiger partial charge in [0.2, 0.25) is 0 Å². The van der Waals surface area contributed by atoms with Crippen LogP contribution < -0.4 is 0 Å². The van der Waals surface area contributed by atoms with E-state index in [1.54, 1.807) is 0 Å². The number of carbonyl (C=O) groups excluding carboxylic acids is 3. The number of allylic oxidation sites excluding steroid dienone is 12. The predicted molar refractivity (Wildman–Crippen MR) is 302 cm³/mol. The maximum atomic E-state index is 12.8. The third-order valence-electron chi connectivity index (χ3n) is 12.9. The Bertz CT molecular complexity index is 1310. The summed E-state index contributed by atoms with van der Waals surface area (Å²) in [4.78, 5) is 38.2. The number of rotatable bonds is 54. The van der Waals surface area contributed by atoms with E-state index in [0.717, 1.165) is 109 Å². The summed E-state index contributed by atoms with van der Waals surface area (Å²) in [5.41, 5.74) is 0. The molecule has 0 aliphatic heterocycles. The minimum atomic E-state index is -0.780. The van der Waals surface area contributed by atoms with Crippen LogP contribution in [0.5, 0.6) is 0 Å². The van der Waals surface area contributed by atoms with Gasteiger partial charge in [-0.1, -0.05) is 261 Å².